The minimum Gasteiger partial charge on any atom is -0.419 e. The second kappa shape index (κ2) is 7.56. The van der Waals surface area contributed by atoms with Crippen LogP contribution in [0.25, 0.3) is 11.6 Å². The molecule has 27 heavy (non-hydrogen) atoms. The molecule has 0 spiro atoms. The second-order valence-electron chi connectivity index (χ2n) is 7.61. The van der Waals surface area contributed by atoms with E-state index in [2.05, 4.69) is 63.2 Å². The lowest BCUT2D eigenvalue weighted by atomic mass is 10.0. The highest BCUT2D eigenvalue weighted by molar-refractivity contribution is 5.43. The average molecular weight is 363 g/mol. The van der Waals surface area contributed by atoms with Crippen LogP contribution >= 0.6 is 0 Å². The Labute approximate surface area is 159 Å². The normalized spacial score (nSPS) is 17.7. The molecule has 0 aliphatic carbocycles. The molecule has 0 unspecified atom stereocenters. The molecule has 4 rings (SSSR count). The molecule has 0 amide bonds. The van der Waals surface area contributed by atoms with Crippen molar-refractivity contribution in [2.45, 2.75) is 45.6 Å². The van der Waals surface area contributed by atoms with Crippen molar-refractivity contribution in [3.05, 3.63) is 59.4 Å². The highest BCUT2D eigenvalue weighted by atomic mass is 16.4. The fourth-order valence-electron chi connectivity index (χ4n) is 3.45. The lowest BCUT2D eigenvalue weighted by Gasteiger charge is -2.16. The zero-order valence-electron chi connectivity index (χ0n) is 16.1. The number of hydrogen-bond donors (Lipinski definition) is 0. The van der Waals surface area contributed by atoms with Crippen LogP contribution in [0.3, 0.4) is 0 Å². The van der Waals surface area contributed by atoms with Crippen LogP contribution in [0, 0.1) is 6.92 Å². The maximum Gasteiger partial charge on any atom is 0.267 e. The van der Waals surface area contributed by atoms with Crippen molar-refractivity contribution >= 4 is 0 Å². The Kier molecular flexibility index (Phi) is 4.99. The molecule has 6 nitrogen and oxygen atoms in total. The molecule has 0 radical (unpaired) electrons. The van der Waals surface area contributed by atoms with Crippen LogP contribution in [0.5, 0.6) is 0 Å². The SMILES string of the molecule is Cc1cnc(-c2nnc([C@@H]3CCN(Cc4ccc(C(C)C)cc4)C3)o2)cn1. The van der Waals surface area contributed by atoms with Crippen molar-refractivity contribution in [3.63, 3.8) is 0 Å². The summed E-state index contributed by atoms with van der Waals surface area (Å²) in [6, 6.07) is 8.95. The van der Waals surface area contributed by atoms with Gasteiger partial charge in [0, 0.05) is 19.3 Å². The van der Waals surface area contributed by atoms with Crippen molar-refractivity contribution in [1.29, 1.82) is 0 Å². The molecule has 6 heteroatoms. The molecular weight excluding hydrogens is 338 g/mol. The summed E-state index contributed by atoms with van der Waals surface area (Å²) in [5, 5.41) is 8.42. The minimum absolute atomic E-state index is 0.277. The van der Waals surface area contributed by atoms with E-state index in [1.165, 1.54) is 11.1 Å². The molecule has 1 fully saturated rings. The third kappa shape index (κ3) is 4.06. The smallest absolute Gasteiger partial charge is 0.267 e. The highest BCUT2D eigenvalue weighted by Gasteiger charge is 2.28. The molecule has 1 aliphatic rings. The maximum atomic E-state index is 5.88. The molecule has 1 saturated heterocycles. The van der Waals surface area contributed by atoms with Crippen LogP contribution in [0.1, 0.15) is 54.8 Å². The van der Waals surface area contributed by atoms with E-state index in [9.17, 15) is 0 Å². The van der Waals surface area contributed by atoms with Crippen LogP contribution in [-0.4, -0.2) is 38.2 Å². The fourth-order valence-corrected chi connectivity index (χ4v) is 3.45. The molecule has 2 aromatic heterocycles. The molecule has 140 valence electrons. The Hall–Kier alpha value is -2.60. The quantitative estimate of drug-likeness (QED) is 0.684. The van der Waals surface area contributed by atoms with Crippen LogP contribution in [0.2, 0.25) is 0 Å². The number of nitrogens with zero attached hydrogens (tertiary/aromatic N) is 5. The fraction of sp³-hybridized carbons (Fsp3) is 0.429. The third-order valence-electron chi connectivity index (χ3n) is 5.11. The van der Waals surface area contributed by atoms with E-state index >= 15 is 0 Å². The van der Waals surface area contributed by atoms with Crippen molar-refractivity contribution in [2.75, 3.05) is 13.1 Å². The number of likely N-dealkylation sites (tertiary alicyclic amines) is 1. The van der Waals surface area contributed by atoms with Crippen LogP contribution in [0.15, 0.2) is 41.1 Å². The Morgan fingerprint density at radius 3 is 2.63 bits per heavy atom. The van der Waals surface area contributed by atoms with Crippen molar-refractivity contribution in [2.24, 2.45) is 0 Å². The number of hydrogen-bond acceptors (Lipinski definition) is 6. The lowest BCUT2D eigenvalue weighted by molar-refractivity contribution is 0.320. The first kappa shape index (κ1) is 17.8. The van der Waals surface area contributed by atoms with E-state index in [-0.39, 0.29) is 5.92 Å². The number of aromatic nitrogens is 4. The summed E-state index contributed by atoms with van der Waals surface area (Å²) < 4.78 is 5.88. The standard InChI is InChI=1S/C21H25N5O/c1-14(2)17-6-4-16(5-7-17)12-26-9-8-18(13-26)20-24-25-21(27-20)19-11-22-15(3)10-23-19/h4-7,10-11,14,18H,8-9,12-13H2,1-3H3/t18-/m1/s1. The van der Waals surface area contributed by atoms with Gasteiger partial charge in [0.25, 0.3) is 5.89 Å². The van der Waals surface area contributed by atoms with Gasteiger partial charge in [0.2, 0.25) is 5.89 Å². The zero-order chi connectivity index (χ0) is 18.8. The van der Waals surface area contributed by atoms with Gasteiger partial charge in [0.15, 0.2) is 0 Å². The summed E-state index contributed by atoms with van der Waals surface area (Å²) >= 11 is 0. The van der Waals surface area contributed by atoms with Gasteiger partial charge in [-0.2, -0.15) is 0 Å². The molecule has 0 N–H and O–H groups in total. The lowest BCUT2D eigenvalue weighted by Crippen LogP contribution is -2.19. The van der Waals surface area contributed by atoms with Crippen molar-refractivity contribution < 1.29 is 4.42 Å². The van der Waals surface area contributed by atoms with Gasteiger partial charge in [-0.25, -0.2) is 4.98 Å². The largest absolute Gasteiger partial charge is 0.419 e. The van der Waals surface area contributed by atoms with E-state index < -0.39 is 0 Å². The van der Waals surface area contributed by atoms with Crippen LogP contribution in [0.4, 0.5) is 0 Å². The van der Waals surface area contributed by atoms with Gasteiger partial charge in [0.1, 0.15) is 5.69 Å². The topological polar surface area (TPSA) is 67.9 Å². The Bertz CT molecular complexity index is 886. The monoisotopic (exact) mass is 363 g/mol. The Balaban J connectivity index is 1.39. The summed E-state index contributed by atoms with van der Waals surface area (Å²) in [5.74, 6) is 1.99. The molecule has 0 saturated carbocycles. The summed E-state index contributed by atoms with van der Waals surface area (Å²) in [6.45, 7) is 9.28. The average Bonchev–Trinajstić information content (AvgIpc) is 3.32. The number of rotatable bonds is 5. The van der Waals surface area contributed by atoms with Crippen molar-refractivity contribution in [1.82, 2.24) is 25.1 Å². The minimum atomic E-state index is 0.277. The molecule has 3 aromatic rings. The summed E-state index contributed by atoms with van der Waals surface area (Å²) in [7, 11) is 0. The van der Waals surface area contributed by atoms with Crippen molar-refractivity contribution in [3.8, 4) is 11.6 Å². The van der Waals surface area contributed by atoms with Gasteiger partial charge >= 0.3 is 0 Å². The molecule has 3 heterocycles. The van der Waals surface area contributed by atoms with E-state index in [0.29, 0.717) is 23.4 Å². The molecular formula is C21H25N5O. The first-order chi connectivity index (χ1) is 13.1. The first-order valence-corrected chi connectivity index (χ1v) is 9.52. The third-order valence-corrected chi connectivity index (χ3v) is 5.11. The van der Waals surface area contributed by atoms with E-state index in [1.807, 2.05) is 6.92 Å². The van der Waals surface area contributed by atoms with Gasteiger partial charge in [-0.1, -0.05) is 38.1 Å². The second-order valence-corrected chi connectivity index (χ2v) is 7.61. The van der Waals surface area contributed by atoms with Crippen LogP contribution in [-0.2, 0) is 6.54 Å². The molecule has 0 bridgehead atoms. The number of benzene rings is 1. The van der Waals surface area contributed by atoms with Crippen LogP contribution < -0.4 is 0 Å². The molecule has 1 aromatic carbocycles. The zero-order valence-corrected chi connectivity index (χ0v) is 16.1. The van der Waals surface area contributed by atoms with E-state index in [1.54, 1.807) is 12.4 Å². The highest BCUT2D eigenvalue weighted by Crippen LogP contribution is 2.29. The van der Waals surface area contributed by atoms with Gasteiger partial charge in [-0.05, 0) is 36.9 Å². The first-order valence-electron chi connectivity index (χ1n) is 9.52. The van der Waals surface area contributed by atoms with E-state index in [0.717, 1.165) is 31.7 Å². The summed E-state index contributed by atoms with van der Waals surface area (Å²) in [4.78, 5) is 11.0. The van der Waals surface area contributed by atoms with E-state index in [4.69, 9.17) is 4.42 Å². The predicted octanol–water partition coefficient (Wildman–Crippen LogP) is 3.95. The van der Waals surface area contributed by atoms with Gasteiger partial charge < -0.3 is 4.42 Å². The summed E-state index contributed by atoms with van der Waals surface area (Å²) in [5.41, 5.74) is 4.22. The Morgan fingerprint density at radius 2 is 1.93 bits per heavy atom. The van der Waals surface area contributed by atoms with Gasteiger partial charge in [0.05, 0.1) is 17.8 Å². The number of aryl methyl sites for hydroxylation is 1. The van der Waals surface area contributed by atoms with Gasteiger partial charge in [-0.3, -0.25) is 9.88 Å². The Morgan fingerprint density at radius 1 is 1.11 bits per heavy atom. The molecule has 1 aliphatic heterocycles. The predicted molar refractivity (Wildman–Crippen MR) is 103 cm³/mol. The van der Waals surface area contributed by atoms with Gasteiger partial charge in [-0.15, -0.1) is 10.2 Å². The summed E-state index contributed by atoms with van der Waals surface area (Å²) in [6.07, 6.45) is 4.42. The molecule has 1 atom stereocenters. The maximum absolute atomic E-state index is 5.88.